The summed E-state index contributed by atoms with van der Waals surface area (Å²) >= 11 is 0. The fourth-order valence-electron chi connectivity index (χ4n) is 2.79. The maximum Gasteiger partial charge on any atom is 0.319 e. The van der Waals surface area contributed by atoms with Crippen molar-refractivity contribution < 1.29 is 18.8 Å². The van der Waals surface area contributed by atoms with Gasteiger partial charge in [-0.25, -0.2) is 9.18 Å². The number of hydrogen-bond donors (Lipinski definition) is 2. The van der Waals surface area contributed by atoms with E-state index >= 15 is 0 Å². The van der Waals surface area contributed by atoms with Crippen LogP contribution in [-0.4, -0.2) is 61.4 Å². The van der Waals surface area contributed by atoms with Gasteiger partial charge < -0.3 is 20.4 Å². The maximum absolute atomic E-state index is 13.5. The quantitative estimate of drug-likeness (QED) is 0.799. The number of urea groups is 1. The second kappa shape index (κ2) is 8.64. The lowest BCUT2D eigenvalue weighted by Gasteiger charge is -2.33. The number of amides is 4. The van der Waals surface area contributed by atoms with Crippen LogP contribution >= 0.6 is 0 Å². The van der Waals surface area contributed by atoms with Crippen LogP contribution in [0.5, 0.6) is 0 Å². The van der Waals surface area contributed by atoms with Crippen molar-refractivity contribution in [3.05, 3.63) is 29.6 Å². The molecule has 0 aliphatic carbocycles. The average Bonchev–Trinajstić information content (AvgIpc) is 2.62. The smallest absolute Gasteiger partial charge is 0.319 e. The molecule has 1 aromatic rings. The average molecular weight is 364 g/mol. The number of piperidine rings is 1. The molecule has 2 rings (SSSR count). The first-order valence-corrected chi connectivity index (χ1v) is 8.59. The number of aryl methyl sites for hydroxylation is 1. The van der Waals surface area contributed by atoms with Gasteiger partial charge in [0, 0.05) is 39.4 Å². The summed E-state index contributed by atoms with van der Waals surface area (Å²) < 4.78 is 13.5. The van der Waals surface area contributed by atoms with Crippen molar-refractivity contribution in [2.24, 2.45) is 5.92 Å². The third kappa shape index (κ3) is 5.18. The Bertz CT molecular complexity index is 685. The van der Waals surface area contributed by atoms with Gasteiger partial charge in [-0.3, -0.25) is 9.59 Å². The van der Waals surface area contributed by atoms with Gasteiger partial charge in [-0.05, 0) is 43.4 Å². The first-order valence-electron chi connectivity index (χ1n) is 8.59. The van der Waals surface area contributed by atoms with E-state index in [1.165, 1.54) is 12.1 Å². The first-order chi connectivity index (χ1) is 12.3. The lowest BCUT2D eigenvalue weighted by atomic mass is 9.97. The Kier molecular flexibility index (Phi) is 6.54. The van der Waals surface area contributed by atoms with Gasteiger partial charge in [0.1, 0.15) is 5.82 Å². The van der Waals surface area contributed by atoms with E-state index in [0.717, 1.165) is 12.8 Å². The molecular weight excluding hydrogens is 339 g/mol. The minimum Gasteiger partial charge on any atom is -0.348 e. The molecule has 0 aromatic heterocycles. The summed E-state index contributed by atoms with van der Waals surface area (Å²) in [6, 6.07) is 4.24. The fraction of sp³-hybridized carbons (Fsp3) is 0.500. The van der Waals surface area contributed by atoms with E-state index in [2.05, 4.69) is 10.6 Å². The zero-order valence-corrected chi connectivity index (χ0v) is 15.3. The van der Waals surface area contributed by atoms with Crippen molar-refractivity contribution in [2.45, 2.75) is 19.8 Å². The third-order valence-corrected chi connectivity index (χ3v) is 4.45. The Morgan fingerprint density at radius 2 is 1.85 bits per heavy atom. The van der Waals surface area contributed by atoms with Crippen LogP contribution in [0.15, 0.2) is 18.2 Å². The summed E-state index contributed by atoms with van der Waals surface area (Å²) in [7, 11) is 3.43. The van der Waals surface area contributed by atoms with Gasteiger partial charge in [0.05, 0.1) is 0 Å². The second-order valence-electron chi connectivity index (χ2n) is 6.74. The molecule has 1 aromatic carbocycles. The first kappa shape index (κ1) is 19.7. The number of hydrogen-bond acceptors (Lipinski definition) is 3. The Morgan fingerprint density at radius 1 is 1.19 bits per heavy atom. The molecule has 0 spiro atoms. The number of carbonyl (C=O) groups excluding carboxylic acids is 3. The van der Waals surface area contributed by atoms with Gasteiger partial charge in [-0.2, -0.15) is 0 Å². The highest BCUT2D eigenvalue weighted by Crippen LogP contribution is 2.17. The van der Waals surface area contributed by atoms with E-state index in [1.807, 2.05) is 0 Å². The van der Waals surface area contributed by atoms with Crippen molar-refractivity contribution in [3.8, 4) is 0 Å². The molecule has 26 heavy (non-hydrogen) atoms. The number of likely N-dealkylation sites (tertiary alicyclic amines) is 1. The predicted molar refractivity (Wildman–Crippen MR) is 96.2 cm³/mol. The number of anilines is 1. The molecule has 2 N–H and O–H groups in total. The Morgan fingerprint density at radius 3 is 2.42 bits per heavy atom. The van der Waals surface area contributed by atoms with Crippen LogP contribution < -0.4 is 10.6 Å². The van der Waals surface area contributed by atoms with Crippen LogP contribution in [0.1, 0.15) is 18.4 Å². The molecule has 1 aliphatic rings. The van der Waals surface area contributed by atoms with Crippen LogP contribution in [0.25, 0.3) is 0 Å². The maximum atomic E-state index is 13.5. The molecule has 1 saturated heterocycles. The second-order valence-corrected chi connectivity index (χ2v) is 6.74. The standard InChI is InChI=1S/C18H25FN4O3/c1-12-4-5-14(10-15(12)19)21-17(25)16(24)20-11-13-6-8-23(9-7-13)18(26)22(2)3/h4-5,10,13H,6-9,11H2,1-3H3,(H,20,24)(H,21,25). The molecule has 7 nitrogen and oxygen atoms in total. The van der Waals surface area contributed by atoms with Gasteiger partial charge in [0.15, 0.2) is 0 Å². The molecule has 0 atom stereocenters. The largest absolute Gasteiger partial charge is 0.348 e. The minimum atomic E-state index is -0.825. The molecule has 1 aliphatic heterocycles. The van der Waals surface area contributed by atoms with Crippen molar-refractivity contribution in [1.82, 2.24) is 15.1 Å². The normalized spacial score (nSPS) is 14.7. The zero-order chi connectivity index (χ0) is 19.3. The van der Waals surface area contributed by atoms with Gasteiger partial charge in [-0.1, -0.05) is 6.07 Å². The van der Waals surface area contributed by atoms with Gasteiger partial charge in [0.2, 0.25) is 0 Å². The Hall–Kier alpha value is -2.64. The molecule has 4 amide bonds. The predicted octanol–water partition coefficient (Wildman–Crippen LogP) is 1.58. The molecule has 1 heterocycles. The SMILES string of the molecule is Cc1ccc(NC(=O)C(=O)NCC2CCN(C(=O)N(C)C)CC2)cc1F. The van der Waals surface area contributed by atoms with Crippen molar-refractivity contribution in [1.29, 1.82) is 0 Å². The number of rotatable bonds is 3. The summed E-state index contributed by atoms with van der Waals surface area (Å²) in [6.07, 6.45) is 1.54. The molecule has 0 unspecified atom stereocenters. The van der Waals surface area contributed by atoms with E-state index in [-0.39, 0.29) is 17.6 Å². The van der Waals surface area contributed by atoms with Crippen molar-refractivity contribution >= 4 is 23.5 Å². The lowest BCUT2D eigenvalue weighted by Crippen LogP contribution is -2.46. The van der Waals surface area contributed by atoms with Gasteiger partial charge in [-0.15, -0.1) is 0 Å². The molecule has 1 fully saturated rings. The van der Waals surface area contributed by atoms with Crippen molar-refractivity contribution in [2.75, 3.05) is 39.0 Å². The molecule has 0 radical (unpaired) electrons. The van der Waals surface area contributed by atoms with E-state index in [9.17, 15) is 18.8 Å². The van der Waals surface area contributed by atoms with E-state index < -0.39 is 17.6 Å². The van der Waals surface area contributed by atoms with Gasteiger partial charge in [0.25, 0.3) is 0 Å². The number of benzene rings is 1. The molecule has 0 saturated carbocycles. The highest BCUT2D eigenvalue weighted by atomic mass is 19.1. The van der Waals surface area contributed by atoms with Gasteiger partial charge >= 0.3 is 17.8 Å². The summed E-state index contributed by atoms with van der Waals surface area (Å²) in [5.41, 5.74) is 0.704. The molecule has 8 heteroatoms. The molecular formula is C18H25FN4O3. The highest BCUT2D eigenvalue weighted by molar-refractivity contribution is 6.39. The number of nitrogens with one attached hydrogen (secondary N) is 2. The zero-order valence-electron chi connectivity index (χ0n) is 15.3. The highest BCUT2D eigenvalue weighted by Gasteiger charge is 2.24. The fourth-order valence-corrected chi connectivity index (χ4v) is 2.79. The summed E-state index contributed by atoms with van der Waals surface area (Å²) in [6.45, 7) is 3.25. The van der Waals surface area contributed by atoms with E-state index in [0.29, 0.717) is 25.2 Å². The summed E-state index contributed by atoms with van der Waals surface area (Å²) in [4.78, 5) is 39.0. The summed E-state index contributed by atoms with van der Waals surface area (Å²) in [5.74, 6) is -1.80. The molecule has 0 bridgehead atoms. The van der Waals surface area contributed by atoms with E-state index in [4.69, 9.17) is 0 Å². The summed E-state index contributed by atoms with van der Waals surface area (Å²) in [5, 5.41) is 4.99. The molecule has 142 valence electrons. The Balaban J connectivity index is 1.75. The monoisotopic (exact) mass is 364 g/mol. The van der Waals surface area contributed by atoms with Crippen LogP contribution in [0.3, 0.4) is 0 Å². The lowest BCUT2D eigenvalue weighted by molar-refractivity contribution is -0.136. The van der Waals surface area contributed by atoms with Crippen molar-refractivity contribution in [3.63, 3.8) is 0 Å². The number of carbonyl (C=O) groups is 3. The minimum absolute atomic E-state index is 0.0165. The number of halogens is 1. The van der Waals surface area contributed by atoms with Crippen LogP contribution in [0, 0.1) is 18.7 Å². The third-order valence-electron chi connectivity index (χ3n) is 4.45. The van der Waals surface area contributed by atoms with Crippen LogP contribution in [-0.2, 0) is 9.59 Å². The Labute approximate surface area is 152 Å². The number of nitrogens with zero attached hydrogens (tertiary/aromatic N) is 2. The van der Waals surface area contributed by atoms with Crippen LogP contribution in [0.4, 0.5) is 14.9 Å². The van der Waals surface area contributed by atoms with Crippen LogP contribution in [0.2, 0.25) is 0 Å². The van der Waals surface area contributed by atoms with E-state index in [1.54, 1.807) is 36.9 Å². The topological polar surface area (TPSA) is 81.8 Å².